The van der Waals surface area contributed by atoms with Gasteiger partial charge in [-0.25, -0.2) is 0 Å². The van der Waals surface area contributed by atoms with Crippen molar-refractivity contribution in [2.24, 2.45) is 10.9 Å². The lowest BCUT2D eigenvalue weighted by atomic mass is 10.0. The number of halogens is 1. The molecule has 1 aliphatic heterocycles. The maximum absolute atomic E-state index is 10.4. The Hall–Kier alpha value is 0.310. The second-order valence-electron chi connectivity index (χ2n) is 6.43. The van der Waals surface area contributed by atoms with Gasteiger partial charge in [0.15, 0.2) is 5.96 Å². The monoisotopic (exact) mass is 427 g/mol. The van der Waals surface area contributed by atoms with E-state index in [1.807, 2.05) is 7.05 Å². The number of hydrogen-bond donors (Lipinski definition) is 2. The molecule has 1 aliphatic carbocycles. The van der Waals surface area contributed by atoms with E-state index >= 15 is 0 Å². The van der Waals surface area contributed by atoms with Crippen LogP contribution in [0.4, 0.5) is 0 Å². The van der Waals surface area contributed by atoms with Crippen LogP contribution in [0.25, 0.3) is 0 Å². The number of nitrogens with one attached hydrogen (secondary N) is 1. The second-order valence-corrected chi connectivity index (χ2v) is 7.78. The number of nitrogens with zero attached hydrogens (tertiary/aromatic N) is 2. The van der Waals surface area contributed by atoms with Crippen LogP contribution in [-0.2, 0) is 0 Å². The molecule has 0 aromatic rings. The maximum atomic E-state index is 10.4. The number of aliphatic imine (C=N–C) groups is 1. The molecular formula is C15H30IN3OS. The summed E-state index contributed by atoms with van der Waals surface area (Å²) in [6.45, 7) is 7.32. The quantitative estimate of drug-likeness (QED) is 0.413. The number of thioether (sulfide) groups is 1. The summed E-state index contributed by atoms with van der Waals surface area (Å²) in [6, 6.07) is 0. The van der Waals surface area contributed by atoms with E-state index in [1.165, 1.54) is 0 Å². The van der Waals surface area contributed by atoms with Crippen molar-refractivity contribution in [1.82, 2.24) is 10.2 Å². The smallest absolute Gasteiger partial charge is 0.193 e. The van der Waals surface area contributed by atoms with E-state index in [0.717, 1.165) is 50.5 Å². The summed E-state index contributed by atoms with van der Waals surface area (Å²) in [6.07, 6.45) is 4.13. The number of hydrogen-bond acceptors (Lipinski definition) is 3. The summed E-state index contributed by atoms with van der Waals surface area (Å²) in [5.41, 5.74) is -0.516. The molecule has 4 nitrogen and oxygen atoms in total. The van der Waals surface area contributed by atoms with Crippen molar-refractivity contribution in [3.05, 3.63) is 0 Å². The Morgan fingerprint density at radius 3 is 2.67 bits per heavy atom. The molecule has 1 saturated heterocycles. The van der Waals surface area contributed by atoms with Gasteiger partial charge in [-0.3, -0.25) is 4.99 Å². The Balaban J connectivity index is 0.00000220. The summed E-state index contributed by atoms with van der Waals surface area (Å²) >= 11 is 2.07. The molecule has 2 rings (SSSR count). The molecule has 0 bridgehead atoms. The van der Waals surface area contributed by atoms with E-state index in [1.54, 1.807) is 0 Å². The van der Waals surface area contributed by atoms with Crippen molar-refractivity contribution in [2.75, 3.05) is 32.4 Å². The minimum atomic E-state index is -0.516. The molecular weight excluding hydrogens is 397 g/mol. The van der Waals surface area contributed by atoms with Crippen LogP contribution in [0.15, 0.2) is 4.99 Å². The van der Waals surface area contributed by atoms with E-state index < -0.39 is 5.60 Å². The average molecular weight is 427 g/mol. The molecule has 0 aromatic carbocycles. The third-order valence-corrected chi connectivity index (χ3v) is 6.00. The largest absolute Gasteiger partial charge is 0.388 e. The van der Waals surface area contributed by atoms with Gasteiger partial charge in [0.2, 0.25) is 0 Å². The van der Waals surface area contributed by atoms with Crippen LogP contribution in [0, 0.1) is 5.92 Å². The van der Waals surface area contributed by atoms with Gasteiger partial charge in [0.25, 0.3) is 0 Å². The van der Waals surface area contributed by atoms with Crippen LogP contribution in [0.2, 0.25) is 0 Å². The fraction of sp³-hybridized carbons (Fsp3) is 0.933. The van der Waals surface area contributed by atoms with Crippen molar-refractivity contribution in [2.45, 2.75) is 50.4 Å². The molecule has 0 spiro atoms. The number of rotatable bonds is 3. The molecule has 2 aliphatic rings. The van der Waals surface area contributed by atoms with Gasteiger partial charge >= 0.3 is 0 Å². The normalized spacial score (nSPS) is 25.9. The third-order valence-electron chi connectivity index (χ3n) is 4.46. The van der Waals surface area contributed by atoms with Gasteiger partial charge in [0.05, 0.1) is 5.60 Å². The summed E-state index contributed by atoms with van der Waals surface area (Å²) in [7, 11) is 1.84. The van der Waals surface area contributed by atoms with Crippen molar-refractivity contribution in [3.8, 4) is 0 Å². The summed E-state index contributed by atoms with van der Waals surface area (Å²) in [4.78, 5) is 6.76. The molecule has 0 aromatic heterocycles. The van der Waals surface area contributed by atoms with E-state index in [4.69, 9.17) is 0 Å². The van der Waals surface area contributed by atoms with Gasteiger partial charge in [-0.05, 0) is 18.8 Å². The fourth-order valence-corrected chi connectivity index (χ4v) is 4.36. The SMILES string of the molecule is CN=C(NCC1(O)CCCC1)N1CCSC(C(C)C)C1.I. The lowest BCUT2D eigenvalue weighted by Gasteiger charge is -2.37. The van der Waals surface area contributed by atoms with Gasteiger partial charge in [-0.15, -0.1) is 24.0 Å². The highest BCUT2D eigenvalue weighted by molar-refractivity contribution is 14.0. The molecule has 124 valence electrons. The Kier molecular flexibility index (Phi) is 8.13. The molecule has 0 amide bonds. The third kappa shape index (κ3) is 5.46. The summed E-state index contributed by atoms with van der Waals surface area (Å²) in [5, 5.41) is 14.5. The van der Waals surface area contributed by atoms with Gasteiger partial charge in [0.1, 0.15) is 0 Å². The zero-order valence-corrected chi connectivity index (χ0v) is 16.6. The molecule has 2 N–H and O–H groups in total. The minimum absolute atomic E-state index is 0. The lowest BCUT2D eigenvalue weighted by molar-refractivity contribution is 0.0515. The predicted molar refractivity (Wildman–Crippen MR) is 103 cm³/mol. The van der Waals surface area contributed by atoms with Crippen molar-refractivity contribution < 1.29 is 5.11 Å². The topological polar surface area (TPSA) is 47.9 Å². The molecule has 1 atom stereocenters. The van der Waals surface area contributed by atoms with Crippen LogP contribution in [0.5, 0.6) is 0 Å². The van der Waals surface area contributed by atoms with E-state index in [-0.39, 0.29) is 24.0 Å². The molecule has 6 heteroatoms. The Labute approximate surface area is 150 Å². The molecule has 1 saturated carbocycles. The van der Waals surface area contributed by atoms with E-state index in [2.05, 4.69) is 40.8 Å². The number of aliphatic hydroxyl groups is 1. The fourth-order valence-electron chi connectivity index (χ4n) is 3.06. The lowest BCUT2D eigenvalue weighted by Crippen LogP contribution is -2.52. The average Bonchev–Trinajstić information content (AvgIpc) is 2.87. The first-order valence-electron chi connectivity index (χ1n) is 7.84. The van der Waals surface area contributed by atoms with Crippen LogP contribution in [0.1, 0.15) is 39.5 Å². The zero-order chi connectivity index (χ0) is 14.6. The molecule has 21 heavy (non-hydrogen) atoms. The van der Waals surface area contributed by atoms with Crippen LogP contribution < -0.4 is 5.32 Å². The Morgan fingerprint density at radius 1 is 1.43 bits per heavy atom. The first-order chi connectivity index (χ1) is 9.54. The van der Waals surface area contributed by atoms with E-state index in [0.29, 0.717) is 17.7 Å². The Bertz CT molecular complexity index is 346. The highest BCUT2D eigenvalue weighted by atomic mass is 127. The highest BCUT2D eigenvalue weighted by Gasteiger charge is 2.32. The Morgan fingerprint density at radius 2 is 2.10 bits per heavy atom. The molecule has 2 fully saturated rings. The molecule has 0 radical (unpaired) electrons. The summed E-state index contributed by atoms with van der Waals surface area (Å²) in [5.74, 6) is 2.81. The van der Waals surface area contributed by atoms with Crippen LogP contribution in [-0.4, -0.2) is 59.3 Å². The summed E-state index contributed by atoms with van der Waals surface area (Å²) < 4.78 is 0. The maximum Gasteiger partial charge on any atom is 0.193 e. The van der Waals surface area contributed by atoms with Crippen molar-refractivity contribution in [1.29, 1.82) is 0 Å². The van der Waals surface area contributed by atoms with Crippen LogP contribution >= 0.6 is 35.7 Å². The highest BCUT2D eigenvalue weighted by Crippen LogP contribution is 2.29. The molecule has 1 unspecified atom stereocenters. The predicted octanol–water partition coefficient (Wildman–Crippen LogP) is 2.56. The molecule has 1 heterocycles. The number of guanidine groups is 1. The zero-order valence-electron chi connectivity index (χ0n) is 13.5. The van der Waals surface area contributed by atoms with Crippen molar-refractivity contribution >= 4 is 41.7 Å². The standard InChI is InChI=1S/C15H29N3OS.HI/c1-12(2)13-10-18(8-9-20-13)14(16-3)17-11-15(19)6-4-5-7-15;/h12-13,19H,4-11H2,1-3H3,(H,16,17);1H. The van der Waals surface area contributed by atoms with Gasteiger partial charge in [-0.1, -0.05) is 26.7 Å². The van der Waals surface area contributed by atoms with Gasteiger partial charge < -0.3 is 15.3 Å². The second kappa shape index (κ2) is 8.82. The van der Waals surface area contributed by atoms with Crippen molar-refractivity contribution in [3.63, 3.8) is 0 Å². The van der Waals surface area contributed by atoms with Gasteiger partial charge in [-0.2, -0.15) is 11.8 Å². The first-order valence-corrected chi connectivity index (χ1v) is 8.88. The van der Waals surface area contributed by atoms with Crippen LogP contribution in [0.3, 0.4) is 0 Å². The van der Waals surface area contributed by atoms with Gasteiger partial charge in [0, 0.05) is 37.7 Å². The van der Waals surface area contributed by atoms with E-state index in [9.17, 15) is 5.11 Å². The first kappa shape index (κ1) is 19.4. The minimum Gasteiger partial charge on any atom is -0.388 e.